The second-order valence-corrected chi connectivity index (χ2v) is 9.77. The molecule has 3 N–H and O–H groups in total. The van der Waals surface area contributed by atoms with Gasteiger partial charge < -0.3 is 39.3 Å². The van der Waals surface area contributed by atoms with Crippen molar-refractivity contribution in [3.63, 3.8) is 0 Å². The van der Waals surface area contributed by atoms with Crippen LogP contribution in [0.4, 0.5) is 16.3 Å². The smallest absolute Gasteiger partial charge is 0.407 e. The minimum absolute atomic E-state index is 0.136. The van der Waals surface area contributed by atoms with E-state index in [1.165, 1.54) is 11.8 Å². The fourth-order valence-corrected chi connectivity index (χ4v) is 4.29. The van der Waals surface area contributed by atoms with E-state index in [1.54, 1.807) is 6.26 Å². The number of rotatable bonds is 18. The quantitative estimate of drug-likeness (QED) is 0.110. The van der Waals surface area contributed by atoms with Crippen LogP contribution in [0.25, 0.3) is 10.9 Å². The Morgan fingerprint density at radius 2 is 1.65 bits per heavy atom. The van der Waals surface area contributed by atoms with Gasteiger partial charge in [-0.15, -0.1) is 10.2 Å². The zero-order valence-corrected chi connectivity index (χ0v) is 24.5. The van der Waals surface area contributed by atoms with Gasteiger partial charge in [-0.3, -0.25) is 0 Å². The van der Waals surface area contributed by atoms with E-state index in [0.717, 1.165) is 16.5 Å². The number of anilines is 2. The Hall–Kier alpha value is -4.24. The number of benzene rings is 2. The van der Waals surface area contributed by atoms with E-state index in [4.69, 9.17) is 18.9 Å². The molecular formula is C29H34N6O7S. The largest absolute Gasteiger partial charge is 0.476 e. The highest BCUT2D eigenvalue weighted by Gasteiger charge is 2.17. The molecule has 0 aliphatic heterocycles. The Kier molecular flexibility index (Phi) is 12.5. The molecule has 2 aromatic heterocycles. The molecule has 4 rings (SSSR count). The van der Waals surface area contributed by atoms with Crippen LogP contribution in [0.5, 0.6) is 0 Å². The van der Waals surface area contributed by atoms with Crippen molar-refractivity contribution in [2.75, 3.05) is 57.8 Å². The van der Waals surface area contributed by atoms with Gasteiger partial charge in [0.05, 0.1) is 45.2 Å². The highest BCUT2D eigenvalue weighted by atomic mass is 32.2. The van der Waals surface area contributed by atoms with Crippen LogP contribution in [0.1, 0.15) is 16.1 Å². The first-order chi connectivity index (χ1) is 21.0. The Labute approximate surface area is 252 Å². The van der Waals surface area contributed by atoms with E-state index >= 15 is 0 Å². The van der Waals surface area contributed by atoms with Gasteiger partial charge >= 0.3 is 12.1 Å². The summed E-state index contributed by atoms with van der Waals surface area (Å²) in [5, 5.41) is 24.1. The van der Waals surface area contributed by atoms with Crippen molar-refractivity contribution in [3.05, 3.63) is 72.1 Å². The van der Waals surface area contributed by atoms with Gasteiger partial charge in [-0.05, 0) is 30.0 Å². The van der Waals surface area contributed by atoms with E-state index in [0.29, 0.717) is 63.6 Å². The summed E-state index contributed by atoms with van der Waals surface area (Å²) in [7, 11) is 0. The second kappa shape index (κ2) is 17.0. The molecule has 0 spiro atoms. The van der Waals surface area contributed by atoms with E-state index in [2.05, 4.69) is 30.4 Å². The third-order valence-corrected chi connectivity index (χ3v) is 6.61. The number of thioether (sulfide) groups is 1. The summed E-state index contributed by atoms with van der Waals surface area (Å²) in [5.74, 6) is -1.07. The number of amides is 1. The number of hydrogen-bond donors (Lipinski definition) is 3. The summed E-state index contributed by atoms with van der Waals surface area (Å²) in [5.41, 5.74) is 2.36. The molecule has 0 radical (unpaired) electrons. The molecule has 2 aromatic carbocycles. The second-order valence-electron chi connectivity index (χ2n) is 9.00. The topological polar surface area (TPSA) is 159 Å². The first kappa shape index (κ1) is 31.7. The average Bonchev–Trinajstić information content (AvgIpc) is 3.44. The normalized spacial score (nSPS) is 11.0. The van der Waals surface area contributed by atoms with E-state index in [9.17, 15) is 14.7 Å². The third kappa shape index (κ3) is 9.92. The number of nitrogens with zero attached hydrogens (tertiary/aromatic N) is 4. The summed E-state index contributed by atoms with van der Waals surface area (Å²) in [6, 6.07) is 17.2. The summed E-state index contributed by atoms with van der Waals surface area (Å²) in [6.07, 6.45) is 3.26. The number of carbonyl (C=O) groups is 2. The summed E-state index contributed by atoms with van der Waals surface area (Å²) < 4.78 is 23.9. The number of carboxylic acids is 1. The van der Waals surface area contributed by atoms with Gasteiger partial charge in [-0.1, -0.05) is 48.2 Å². The molecule has 13 nitrogen and oxygen atoms in total. The van der Waals surface area contributed by atoms with Crippen LogP contribution in [0.2, 0.25) is 0 Å². The van der Waals surface area contributed by atoms with Crippen molar-refractivity contribution >= 4 is 46.2 Å². The Morgan fingerprint density at radius 1 is 0.907 bits per heavy atom. The van der Waals surface area contributed by atoms with Crippen molar-refractivity contribution in [1.29, 1.82) is 0 Å². The maximum atomic E-state index is 11.7. The number of ether oxygens (including phenoxy) is 4. The first-order valence-electron chi connectivity index (χ1n) is 13.6. The minimum Gasteiger partial charge on any atom is -0.476 e. The molecule has 0 fully saturated rings. The lowest BCUT2D eigenvalue weighted by Crippen LogP contribution is -2.28. The number of alkyl carbamates (subject to hydrolysis) is 1. The number of fused-ring (bicyclic) bond motifs is 1. The lowest BCUT2D eigenvalue weighted by atomic mass is 10.2. The van der Waals surface area contributed by atoms with Crippen molar-refractivity contribution in [1.82, 2.24) is 25.1 Å². The van der Waals surface area contributed by atoms with Crippen molar-refractivity contribution in [2.45, 2.75) is 18.3 Å². The molecule has 0 atom stereocenters. The van der Waals surface area contributed by atoms with Crippen LogP contribution < -0.4 is 10.6 Å². The molecule has 2 heterocycles. The number of carbonyl (C=O) groups excluding carboxylic acids is 1. The summed E-state index contributed by atoms with van der Waals surface area (Å²) >= 11 is 1.28. The Balaban J connectivity index is 1.08. The number of nitrogens with one attached hydrogen (secondary N) is 2. The molecule has 1 amide bonds. The zero-order chi connectivity index (χ0) is 30.3. The van der Waals surface area contributed by atoms with Crippen LogP contribution >= 0.6 is 11.8 Å². The number of carboxylic acid groups (broad SMARTS) is 1. The van der Waals surface area contributed by atoms with E-state index in [-0.39, 0.29) is 18.1 Å². The molecule has 0 saturated heterocycles. The van der Waals surface area contributed by atoms with E-state index in [1.807, 2.05) is 60.8 Å². The predicted octanol–water partition coefficient (Wildman–Crippen LogP) is 3.97. The summed E-state index contributed by atoms with van der Waals surface area (Å²) in [4.78, 5) is 27.6. The van der Waals surface area contributed by atoms with Gasteiger partial charge in [-0.25, -0.2) is 14.6 Å². The van der Waals surface area contributed by atoms with Gasteiger partial charge in [0.2, 0.25) is 10.9 Å². The van der Waals surface area contributed by atoms with Gasteiger partial charge in [0.15, 0.2) is 5.82 Å². The predicted molar refractivity (Wildman–Crippen MR) is 161 cm³/mol. The lowest BCUT2D eigenvalue weighted by molar-refractivity contribution is 0.0138. The zero-order valence-electron chi connectivity index (χ0n) is 23.7. The molecule has 14 heteroatoms. The van der Waals surface area contributed by atoms with Crippen LogP contribution in [-0.2, 0) is 32.1 Å². The van der Waals surface area contributed by atoms with Crippen molar-refractivity contribution < 1.29 is 33.6 Å². The molecule has 0 bridgehead atoms. The van der Waals surface area contributed by atoms with Gasteiger partial charge in [0, 0.05) is 30.4 Å². The Bertz CT molecular complexity index is 1470. The highest BCUT2D eigenvalue weighted by Crippen LogP contribution is 2.28. The molecule has 228 valence electrons. The first-order valence-corrected chi connectivity index (χ1v) is 14.8. The number of aromatic carboxylic acids is 1. The SMILES string of the molecule is CSc1nnc(C(=O)O)c(Nc2cccc3c2ccn3CCOCCOCCOCCNC(=O)OCc2ccccc2)n1. The standard InChI is InChI=1S/C29H34N6O7S/c1-43-28-32-26(25(27(36)37)33-34-28)31-23-8-5-9-24-22(23)10-12-35(24)13-15-40-17-19-41-18-16-39-14-11-30-29(38)42-20-21-6-3-2-4-7-21/h2-10,12H,11,13-20H2,1H3,(H,30,38)(H,36,37)(H,31,32,34). The number of hydrogen-bond acceptors (Lipinski definition) is 11. The van der Waals surface area contributed by atoms with Gasteiger partial charge in [-0.2, -0.15) is 0 Å². The van der Waals surface area contributed by atoms with Gasteiger partial charge in [0.25, 0.3) is 0 Å². The molecule has 0 aliphatic rings. The molecule has 43 heavy (non-hydrogen) atoms. The van der Waals surface area contributed by atoms with Crippen LogP contribution in [0.3, 0.4) is 0 Å². The van der Waals surface area contributed by atoms with E-state index < -0.39 is 12.1 Å². The molecular weight excluding hydrogens is 576 g/mol. The van der Waals surface area contributed by atoms with Crippen molar-refractivity contribution in [2.24, 2.45) is 0 Å². The molecule has 0 unspecified atom stereocenters. The Morgan fingerprint density at radius 3 is 2.40 bits per heavy atom. The van der Waals surface area contributed by atoms with Crippen LogP contribution in [0.15, 0.2) is 66.0 Å². The lowest BCUT2D eigenvalue weighted by Gasteiger charge is -2.11. The molecule has 0 saturated carbocycles. The highest BCUT2D eigenvalue weighted by molar-refractivity contribution is 7.98. The fraction of sp³-hybridized carbons (Fsp3) is 0.345. The minimum atomic E-state index is -1.21. The third-order valence-electron chi connectivity index (χ3n) is 6.07. The fourth-order valence-electron chi connectivity index (χ4n) is 3.99. The maximum absolute atomic E-state index is 11.7. The number of aromatic nitrogens is 4. The van der Waals surface area contributed by atoms with Crippen LogP contribution in [-0.4, -0.2) is 89.4 Å². The average molecular weight is 611 g/mol. The van der Waals surface area contributed by atoms with Gasteiger partial charge in [0.1, 0.15) is 6.61 Å². The van der Waals surface area contributed by atoms with Crippen molar-refractivity contribution in [3.8, 4) is 0 Å². The van der Waals surface area contributed by atoms with Crippen LogP contribution in [0, 0.1) is 0 Å². The monoisotopic (exact) mass is 610 g/mol. The molecule has 4 aromatic rings. The maximum Gasteiger partial charge on any atom is 0.407 e. The molecule has 0 aliphatic carbocycles. The summed E-state index contributed by atoms with van der Waals surface area (Å²) in [6.45, 7) is 3.76.